The van der Waals surface area contributed by atoms with Crippen LogP contribution in [0.5, 0.6) is 28.7 Å². The highest BCUT2D eigenvalue weighted by molar-refractivity contribution is 6.23. The molecule has 5 N–H and O–H groups in total. The summed E-state index contributed by atoms with van der Waals surface area (Å²) in [6, 6.07) is 46.3. The highest BCUT2D eigenvalue weighted by Crippen LogP contribution is 2.57. The van der Waals surface area contributed by atoms with Crippen molar-refractivity contribution in [2.75, 3.05) is 0 Å². The predicted molar refractivity (Wildman–Crippen MR) is 199 cm³/mol. The van der Waals surface area contributed by atoms with Crippen molar-refractivity contribution in [1.82, 2.24) is 0 Å². The van der Waals surface area contributed by atoms with E-state index in [1.165, 1.54) is 0 Å². The van der Waals surface area contributed by atoms with Crippen molar-refractivity contribution in [3.63, 3.8) is 0 Å². The largest absolute Gasteiger partial charge is 0.504 e. The molecule has 6 heteroatoms. The molecular weight excluding hydrogens is 624 g/mol. The van der Waals surface area contributed by atoms with Gasteiger partial charge in [-0.25, -0.2) is 0 Å². The number of furan rings is 1. The SMILES string of the molecule is Oc1c(O)c(O)c(-c2c3ccccc3c(-c3ccc4oc5c(-c6cccc(-c7ccccc7)c6)cccc5c4c3)c3ccccc23)c(O)c1O. The van der Waals surface area contributed by atoms with Gasteiger partial charge in [-0.3, -0.25) is 0 Å². The Hall–Kier alpha value is -6.92. The molecule has 9 rings (SSSR count). The molecule has 0 unspecified atom stereocenters. The molecule has 0 aliphatic rings. The molecule has 0 amide bonds. The van der Waals surface area contributed by atoms with Crippen LogP contribution in [0.2, 0.25) is 0 Å². The van der Waals surface area contributed by atoms with E-state index in [1.54, 1.807) is 0 Å². The lowest BCUT2D eigenvalue weighted by Crippen LogP contribution is -1.92. The molecule has 6 nitrogen and oxygen atoms in total. The number of phenolic OH excluding ortho intramolecular Hbond substituents is 5. The number of aromatic hydroxyl groups is 5. The first-order chi connectivity index (χ1) is 24.4. The van der Waals surface area contributed by atoms with E-state index in [0.717, 1.165) is 66.1 Å². The molecule has 240 valence electrons. The molecule has 0 saturated heterocycles. The summed E-state index contributed by atoms with van der Waals surface area (Å²) < 4.78 is 6.56. The molecule has 50 heavy (non-hydrogen) atoms. The van der Waals surface area contributed by atoms with Crippen molar-refractivity contribution in [3.8, 4) is 73.3 Å². The molecule has 1 heterocycles. The van der Waals surface area contributed by atoms with Crippen molar-refractivity contribution in [2.45, 2.75) is 0 Å². The van der Waals surface area contributed by atoms with Gasteiger partial charge in [-0.15, -0.1) is 0 Å². The summed E-state index contributed by atoms with van der Waals surface area (Å²) in [4.78, 5) is 0. The van der Waals surface area contributed by atoms with E-state index in [4.69, 9.17) is 4.42 Å². The third-order valence-electron chi connectivity index (χ3n) is 9.62. The Morgan fingerprint density at radius 2 is 0.840 bits per heavy atom. The molecule has 1 aromatic heterocycles. The van der Waals surface area contributed by atoms with Crippen LogP contribution in [0.15, 0.2) is 144 Å². The predicted octanol–water partition coefficient (Wildman–Crippen LogP) is 11.1. The number of fused-ring (bicyclic) bond motifs is 5. The monoisotopic (exact) mass is 652 g/mol. The Kier molecular flexibility index (Phi) is 6.48. The maximum absolute atomic E-state index is 11.0. The van der Waals surface area contributed by atoms with Crippen LogP contribution in [0.3, 0.4) is 0 Å². The summed E-state index contributed by atoms with van der Waals surface area (Å²) in [7, 11) is 0. The van der Waals surface area contributed by atoms with E-state index in [9.17, 15) is 25.5 Å². The molecule has 0 saturated carbocycles. The number of para-hydroxylation sites is 1. The van der Waals surface area contributed by atoms with Gasteiger partial charge in [0, 0.05) is 21.9 Å². The van der Waals surface area contributed by atoms with Gasteiger partial charge in [0.15, 0.2) is 11.5 Å². The Labute approximate surface area is 285 Å². The minimum Gasteiger partial charge on any atom is -0.504 e. The summed E-state index contributed by atoms with van der Waals surface area (Å²) in [6.07, 6.45) is 0. The zero-order valence-corrected chi connectivity index (χ0v) is 26.4. The summed E-state index contributed by atoms with van der Waals surface area (Å²) in [5.41, 5.74) is 7.95. The van der Waals surface area contributed by atoms with Crippen LogP contribution >= 0.6 is 0 Å². The first kappa shape index (κ1) is 29.2. The fourth-order valence-electron chi connectivity index (χ4n) is 7.31. The molecule has 0 radical (unpaired) electrons. The van der Waals surface area contributed by atoms with E-state index in [0.29, 0.717) is 16.3 Å². The van der Waals surface area contributed by atoms with Crippen molar-refractivity contribution in [2.24, 2.45) is 0 Å². The van der Waals surface area contributed by atoms with Crippen LogP contribution in [-0.4, -0.2) is 25.5 Å². The lowest BCUT2D eigenvalue weighted by atomic mass is 9.85. The minimum atomic E-state index is -0.998. The first-order valence-corrected chi connectivity index (χ1v) is 16.1. The van der Waals surface area contributed by atoms with Crippen LogP contribution in [0.4, 0.5) is 0 Å². The number of phenols is 5. The molecule has 0 atom stereocenters. The second-order valence-corrected chi connectivity index (χ2v) is 12.4. The average molecular weight is 653 g/mol. The average Bonchev–Trinajstić information content (AvgIpc) is 3.55. The number of rotatable bonds is 4. The number of benzene rings is 8. The molecule has 0 bridgehead atoms. The lowest BCUT2D eigenvalue weighted by Gasteiger charge is -2.20. The Bertz CT molecular complexity index is 2730. The molecule has 0 spiro atoms. The zero-order chi connectivity index (χ0) is 34.1. The normalized spacial score (nSPS) is 11.6. The standard InChI is InChI=1S/C44H28O6/c45-39-38(40(46)42(48)43(49)41(39)47)37-31-16-6-4-14-29(31)36(30-15-5-7-17-32(30)37)27-20-21-35-34(23-27)33-19-9-18-28(44(33)50-35)26-13-8-12-25(22-26)24-10-2-1-3-11-24/h1-23,45-49H. The van der Waals surface area contributed by atoms with E-state index in [1.807, 2.05) is 78.9 Å². The molecule has 8 aromatic carbocycles. The summed E-state index contributed by atoms with van der Waals surface area (Å²) in [6.45, 7) is 0. The van der Waals surface area contributed by atoms with Crippen LogP contribution < -0.4 is 0 Å². The van der Waals surface area contributed by atoms with Crippen molar-refractivity contribution in [1.29, 1.82) is 0 Å². The van der Waals surface area contributed by atoms with Gasteiger partial charge in [0.05, 0.1) is 5.56 Å². The molecular formula is C44H28O6. The van der Waals surface area contributed by atoms with E-state index in [-0.39, 0.29) is 5.56 Å². The topological polar surface area (TPSA) is 114 Å². The van der Waals surface area contributed by atoms with Crippen molar-refractivity contribution < 1.29 is 29.9 Å². The van der Waals surface area contributed by atoms with Crippen LogP contribution in [0, 0.1) is 0 Å². The third kappa shape index (κ3) is 4.29. The van der Waals surface area contributed by atoms with Crippen LogP contribution in [-0.2, 0) is 0 Å². The third-order valence-corrected chi connectivity index (χ3v) is 9.62. The summed E-state index contributed by atoms with van der Waals surface area (Å²) in [5.74, 6) is -4.32. The van der Waals surface area contributed by atoms with Gasteiger partial charge in [0.2, 0.25) is 17.2 Å². The smallest absolute Gasteiger partial charge is 0.208 e. The van der Waals surface area contributed by atoms with Gasteiger partial charge in [-0.2, -0.15) is 0 Å². The van der Waals surface area contributed by atoms with E-state index < -0.39 is 28.7 Å². The van der Waals surface area contributed by atoms with Crippen LogP contribution in [0.25, 0.3) is 88.0 Å². The maximum atomic E-state index is 11.0. The summed E-state index contributed by atoms with van der Waals surface area (Å²) >= 11 is 0. The van der Waals surface area contributed by atoms with E-state index in [2.05, 4.69) is 60.7 Å². The molecule has 0 aliphatic carbocycles. The van der Waals surface area contributed by atoms with Crippen molar-refractivity contribution >= 4 is 43.5 Å². The summed E-state index contributed by atoms with van der Waals surface area (Å²) in [5, 5.41) is 58.0. The molecule has 9 aromatic rings. The highest BCUT2D eigenvalue weighted by atomic mass is 16.4. The second kappa shape index (κ2) is 11.1. The minimum absolute atomic E-state index is 0.183. The molecule has 0 fully saturated rings. The molecule has 0 aliphatic heterocycles. The second-order valence-electron chi connectivity index (χ2n) is 12.4. The van der Waals surface area contributed by atoms with Gasteiger partial charge >= 0.3 is 0 Å². The van der Waals surface area contributed by atoms with Gasteiger partial charge in [-0.05, 0) is 67.6 Å². The van der Waals surface area contributed by atoms with Crippen LogP contribution in [0.1, 0.15) is 0 Å². The Morgan fingerprint density at radius 3 is 1.50 bits per heavy atom. The quantitative estimate of drug-likeness (QED) is 0.0734. The maximum Gasteiger partial charge on any atom is 0.208 e. The fraction of sp³-hybridized carbons (Fsp3) is 0. The zero-order valence-electron chi connectivity index (χ0n) is 26.4. The van der Waals surface area contributed by atoms with E-state index >= 15 is 0 Å². The van der Waals surface area contributed by atoms with Crippen molar-refractivity contribution in [3.05, 3.63) is 140 Å². The van der Waals surface area contributed by atoms with Gasteiger partial charge in [0.25, 0.3) is 0 Å². The first-order valence-electron chi connectivity index (χ1n) is 16.1. The van der Waals surface area contributed by atoms with Gasteiger partial charge in [-0.1, -0.05) is 121 Å². The Morgan fingerprint density at radius 1 is 0.320 bits per heavy atom. The van der Waals surface area contributed by atoms with Gasteiger partial charge < -0.3 is 29.9 Å². The van der Waals surface area contributed by atoms with Gasteiger partial charge in [0.1, 0.15) is 11.2 Å². The number of hydrogen-bond donors (Lipinski definition) is 5. The fourth-order valence-corrected chi connectivity index (χ4v) is 7.31. The Balaban J connectivity index is 1.28. The lowest BCUT2D eigenvalue weighted by molar-refractivity contribution is 0.330. The highest BCUT2D eigenvalue weighted by Gasteiger charge is 2.28. The number of hydrogen-bond acceptors (Lipinski definition) is 6.